The second kappa shape index (κ2) is 10.2. The molecule has 2 fully saturated rings. The molecule has 2 N–H and O–H groups in total. The van der Waals surface area contributed by atoms with E-state index < -0.39 is 0 Å². The van der Waals surface area contributed by atoms with E-state index in [-0.39, 0.29) is 16.7 Å². The molecule has 1 saturated heterocycles. The van der Waals surface area contributed by atoms with E-state index in [9.17, 15) is 4.79 Å². The summed E-state index contributed by atoms with van der Waals surface area (Å²) in [6.45, 7) is 7.32. The Labute approximate surface area is 173 Å². The quantitative estimate of drug-likeness (QED) is 0.540. The van der Waals surface area contributed by atoms with Gasteiger partial charge in [-0.2, -0.15) is 0 Å². The van der Waals surface area contributed by atoms with Crippen molar-refractivity contribution in [2.75, 3.05) is 26.2 Å². The molecule has 1 aliphatic carbocycles. The summed E-state index contributed by atoms with van der Waals surface area (Å²) in [4.78, 5) is 20.2. The van der Waals surface area contributed by atoms with Gasteiger partial charge in [-0.25, -0.2) is 0 Å². The Hall–Kier alpha value is -1.69. The van der Waals surface area contributed by atoms with Crippen molar-refractivity contribution in [3.05, 3.63) is 30.3 Å². The van der Waals surface area contributed by atoms with E-state index in [1.165, 1.54) is 30.6 Å². The number of nitrogens with one attached hydrogen (secondary N) is 2. The van der Waals surface area contributed by atoms with Crippen LogP contribution in [0.2, 0.25) is 0 Å². The highest BCUT2D eigenvalue weighted by Crippen LogP contribution is 2.45. The first-order valence-electron chi connectivity index (χ1n) is 10.7. The number of carbonyl (C=O) groups is 1. The maximum absolute atomic E-state index is 11.9. The average Bonchev–Trinajstić information content (AvgIpc) is 3.37. The summed E-state index contributed by atoms with van der Waals surface area (Å²) >= 11 is 1.99. The number of benzene rings is 1. The van der Waals surface area contributed by atoms with Crippen LogP contribution in [0, 0.1) is 0 Å². The number of amides is 1. The van der Waals surface area contributed by atoms with Gasteiger partial charge in [0.1, 0.15) is 0 Å². The van der Waals surface area contributed by atoms with Crippen LogP contribution in [-0.2, 0) is 4.79 Å². The zero-order valence-electron chi connectivity index (χ0n) is 17.2. The van der Waals surface area contributed by atoms with E-state index in [0.717, 1.165) is 38.6 Å². The molecule has 2 aliphatic rings. The molecule has 154 valence electrons. The Bertz CT molecular complexity index is 658. The number of thioether (sulfide) groups is 1. The lowest BCUT2D eigenvalue weighted by molar-refractivity contribution is -0.129. The molecule has 6 heteroatoms. The van der Waals surface area contributed by atoms with Crippen LogP contribution in [0.25, 0.3) is 0 Å². The summed E-state index contributed by atoms with van der Waals surface area (Å²) in [5, 5.41) is 6.97. The van der Waals surface area contributed by atoms with Crippen molar-refractivity contribution >= 4 is 23.6 Å². The molecule has 3 rings (SSSR count). The van der Waals surface area contributed by atoms with Gasteiger partial charge in [0, 0.05) is 41.7 Å². The highest BCUT2D eigenvalue weighted by atomic mass is 32.2. The highest BCUT2D eigenvalue weighted by Gasteiger charge is 2.35. The van der Waals surface area contributed by atoms with Crippen molar-refractivity contribution in [1.29, 1.82) is 0 Å². The molecule has 1 aromatic rings. The molecule has 28 heavy (non-hydrogen) atoms. The minimum absolute atomic E-state index is 0.198. The predicted octanol–water partition coefficient (Wildman–Crippen LogP) is 3.66. The summed E-state index contributed by atoms with van der Waals surface area (Å²) in [6.07, 6.45) is 6.58. The second-order valence-electron chi connectivity index (χ2n) is 7.82. The first kappa shape index (κ1) is 21.0. The first-order valence-corrected chi connectivity index (χ1v) is 11.5. The third kappa shape index (κ3) is 5.66. The molecule has 1 aromatic carbocycles. The van der Waals surface area contributed by atoms with Crippen LogP contribution in [0.1, 0.15) is 52.4 Å². The molecule has 1 amide bonds. The minimum Gasteiger partial charge on any atom is -0.357 e. The smallest absolute Gasteiger partial charge is 0.222 e. The number of likely N-dealkylation sites (tertiary alicyclic amines) is 1. The average molecular weight is 403 g/mol. The molecular formula is C22H34N4OS. The van der Waals surface area contributed by atoms with Crippen molar-refractivity contribution in [3.63, 3.8) is 0 Å². The van der Waals surface area contributed by atoms with Crippen LogP contribution < -0.4 is 10.6 Å². The molecule has 0 radical (unpaired) electrons. The van der Waals surface area contributed by atoms with Crippen LogP contribution in [-0.4, -0.2) is 53.7 Å². The fraction of sp³-hybridized carbons (Fsp3) is 0.636. The minimum atomic E-state index is 0.198. The van der Waals surface area contributed by atoms with Gasteiger partial charge in [0.25, 0.3) is 0 Å². The summed E-state index contributed by atoms with van der Waals surface area (Å²) in [7, 11) is 0. The molecule has 0 spiro atoms. The SMILES string of the molecule is CCNC(=NCC1(Sc2ccccc2)CCCC1)NC1CCN(C(=O)CC)C1. The van der Waals surface area contributed by atoms with Crippen molar-refractivity contribution in [2.45, 2.75) is 68.1 Å². The van der Waals surface area contributed by atoms with Gasteiger partial charge < -0.3 is 15.5 Å². The molecule has 1 saturated carbocycles. The van der Waals surface area contributed by atoms with Gasteiger partial charge in [-0.1, -0.05) is 38.0 Å². The summed E-state index contributed by atoms with van der Waals surface area (Å²) < 4.78 is 0.198. The number of aliphatic imine (C=N–C) groups is 1. The zero-order valence-corrected chi connectivity index (χ0v) is 18.1. The number of hydrogen-bond donors (Lipinski definition) is 2. The second-order valence-corrected chi connectivity index (χ2v) is 9.37. The normalized spacial score (nSPS) is 21.7. The number of hydrogen-bond acceptors (Lipinski definition) is 3. The summed E-state index contributed by atoms with van der Waals surface area (Å²) in [5.41, 5.74) is 0. The van der Waals surface area contributed by atoms with Gasteiger partial charge in [-0.05, 0) is 38.3 Å². The van der Waals surface area contributed by atoms with Crippen LogP contribution >= 0.6 is 11.8 Å². The number of rotatable bonds is 7. The van der Waals surface area contributed by atoms with E-state index in [1.54, 1.807) is 0 Å². The molecular weight excluding hydrogens is 368 g/mol. The third-order valence-corrected chi connectivity index (χ3v) is 7.12. The monoisotopic (exact) mass is 402 g/mol. The standard InChI is InChI=1S/C22H34N4OS/c1-3-20(27)26-15-12-18(16-26)25-21(23-4-2)24-17-22(13-8-9-14-22)28-19-10-6-5-7-11-19/h5-7,10-11,18H,3-4,8-9,12-17H2,1-2H3,(H2,23,24,25). The molecule has 5 nitrogen and oxygen atoms in total. The number of guanidine groups is 1. The molecule has 0 bridgehead atoms. The zero-order chi connectivity index (χ0) is 19.8. The van der Waals surface area contributed by atoms with Crippen molar-refractivity contribution in [2.24, 2.45) is 4.99 Å². The van der Waals surface area contributed by atoms with Gasteiger partial charge in [0.15, 0.2) is 5.96 Å². The van der Waals surface area contributed by atoms with Gasteiger partial charge in [-0.15, -0.1) is 11.8 Å². The Kier molecular flexibility index (Phi) is 7.65. The predicted molar refractivity (Wildman–Crippen MR) is 118 cm³/mol. The lowest BCUT2D eigenvalue weighted by Crippen LogP contribution is -2.45. The van der Waals surface area contributed by atoms with Crippen molar-refractivity contribution in [1.82, 2.24) is 15.5 Å². The maximum atomic E-state index is 11.9. The largest absolute Gasteiger partial charge is 0.357 e. The van der Waals surface area contributed by atoms with Crippen LogP contribution in [0.3, 0.4) is 0 Å². The topological polar surface area (TPSA) is 56.7 Å². The number of carbonyl (C=O) groups excluding carboxylic acids is 1. The van der Waals surface area contributed by atoms with E-state index in [4.69, 9.17) is 4.99 Å². The summed E-state index contributed by atoms with van der Waals surface area (Å²) in [5.74, 6) is 1.13. The van der Waals surface area contributed by atoms with E-state index in [1.807, 2.05) is 23.6 Å². The third-order valence-electron chi connectivity index (χ3n) is 5.65. The molecule has 1 atom stereocenters. The highest BCUT2D eigenvalue weighted by molar-refractivity contribution is 8.00. The fourth-order valence-electron chi connectivity index (χ4n) is 4.12. The van der Waals surface area contributed by atoms with Crippen molar-refractivity contribution < 1.29 is 4.79 Å². The van der Waals surface area contributed by atoms with E-state index in [0.29, 0.717) is 6.42 Å². The van der Waals surface area contributed by atoms with Crippen LogP contribution in [0.15, 0.2) is 40.2 Å². The van der Waals surface area contributed by atoms with Gasteiger partial charge in [0.05, 0.1) is 6.54 Å². The van der Waals surface area contributed by atoms with Gasteiger partial charge in [0.2, 0.25) is 5.91 Å². The Balaban J connectivity index is 1.63. The lowest BCUT2D eigenvalue weighted by Gasteiger charge is -2.27. The Morgan fingerprint density at radius 3 is 2.68 bits per heavy atom. The van der Waals surface area contributed by atoms with Gasteiger partial charge in [-0.3, -0.25) is 9.79 Å². The van der Waals surface area contributed by atoms with Crippen molar-refractivity contribution in [3.8, 4) is 0 Å². The molecule has 1 unspecified atom stereocenters. The fourth-order valence-corrected chi connectivity index (χ4v) is 5.53. The molecule has 0 aromatic heterocycles. The molecule has 1 aliphatic heterocycles. The van der Waals surface area contributed by atoms with Crippen LogP contribution in [0.5, 0.6) is 0 Å². The first-order chi connectivity index (χ1) is 13.6. The van der Waals surface area contributed by atoms with Gasteiger partial charge >= 0.3 is 0 Å². The van der Waals surface area contributed by atoms with E-state index >= 15 is 0 Å². The Morgan fingerprint density at radius 2 is 2.00 bits per heavy atom. The molecule has 1 heterocycles. The maximum Gasteiger partial charge on any atom is 0.222 e. The van der Waals surface area contributed by atoms with Crippen LogP contribution in [0.4, 0.5) is 0 Å². The van der Waals surface area contributed by atoms with E-state index in [2.05, 4.69) is 47.9 Å². The Morgan fingerprint density at radius 1 is 1.25 bits per heavy atom. The number of nitrogens with zero attached hydrogens (tertiary/aromatic N) is 2. The lowest BCUT2D eigenvalue weighted by atomic mass is 10.1. The summed E-state index contributed by atoms with van der Waals surface area (Å²) in [6, 6.07) is 11.0.